The molecule has 0 bridgehead atoms. The van der Waals surface area contributed by atoms with Gasteiger partial charge in [-0.15, -0.1) is 0 Å². The Hall–Kier alpha value is -3.16. The highest BCUT2D eigenvalue weighted by molar-refractivity contribution is 5.80. The van der Waals surface area contributed by atoms with E-state index in [1.807, 2.05) is 6.08 Å². The first-order valence-electron chi connectivity index (χ1n) is 28.4. The number of aliphatic hydroxyl groups excluding tert-OH is 5. The average Bonchev–Trinajstić information content (AvgIpc) is 3.37. The van der Waals surface area contributed by atoms with Crippen LogP contribution in [0.3, 0.4) is 0 Å². The molecule has 0 spiro atoms. The van der Waals surface area contributed by atoms with Crippen LogP contribution in [0.4, 0.5) is 0 Å². The van der Waals surface area contributed by atoms with Gasteiger partial charge in [-0.1, -0.05) is 209 Å². The lowest BCUT2D eigenvalue weighted by molar-refractivity contribution is -0.305. The molecule has 11 nitrogen and oxygen atoms in total. The number of carbonyl (C=O) groups excluding carboxylic acids is 2. The number of esters is 1. The van der Waals surface area contributed by atoms with Crippen molar-refractivity contribution in [2.75, 3.05) is 13.2 Å². The molecule has 1 saturated heterocycles. The van der Waals surface area contributed by atoms with Crippen LogP contribution >= 0.6 is 0 Å². The number of aliphatic hydroxyl groups is 5. The van der Waals surface area contributed by atoms with Crippen molar-refractivity contribution in [3.63, 3.8) is 0 Å². The van der Waals surface area contributed by atoms with Crippen LogP contribution in [0.1, 0.15) is 220 Å². The van der Waals surface area contributed by atoms with E-state index in [9.17, 15) is 35.1 Å². The Kier molecular flexibility index (Phi) is 44.4. The minimum atomic E-state index is -1.63. The predicted molar refractivity (Wildman–Crippen MR) is 292 cm³/mol. The minimum absolute atomic E-state index is 0.0966. The Morgan fingerprint density at radius 1 is 0.563 bits per heavy atom. The van der Waals surface area contributed by atoms with Crippen LogP contribution in [0.25, 0.3) is 0 Å². The van der Waals surface area contributed by atoms with Crippen LogP contribution in [0, 0.1) is 0 Å². The second-order valence-corrected chi connectivity index (χ2v) is 19.3. The van der Waals surface area contributed by atoms with Gasteiger partial charge >= 0.3 is 5.97 Å². The Bertz CT molecular complexity index is 1470. The summed E-state index contributed by atoms with van der Waals surface area (Å²) < 4.78 is 17.5. The SMILES string of the molecule is CC/C=C\C/C=C\C/C=C\C/C=C\C/C=C\CCCCCCCC(=O)OC1C(OCC(NC(=O)C(O)CCCCCC/C=C\CCCC)C(O)/C=C/CCCCCCCCCCC)OC(CO)C(O)C1O. The number of hydrogen-bond acceptors (Lipinski definition) is 10. The normalized spacial score (nSPS) is 20.3. The Balaban J connectivity index is 2.69. The zero-order valence-corrected chi connectivity index (χ0v) is 44.8. The molecule has 1 heterocycles. The van der Waals surface area contributed by atoms with E-state index in [2.05, 4.69) is 99.0 Å². The summed E-state index contributed by atoms with van der Waals surface area (Å²) >= 11 is 0. The van der Waals surface area contributed by atoms with Crippen molar-refractivity contribution in [3.8, 4) is 0 Å². The van der Waals surface area contributed by atoms with Crippen molar-refractivity contribution in [1.82, 2.24) is 5.32 Å². The second kappa shape index (κ2) is 47.8. The van der Waals surface area contributed by atoms with Gasteiger partial charge in [0, 0.05) is 6.42 Å². The highest BCUT2D eigenvalue weighted by atomic mass is 16.7. The molecule has 71 heavy (non-hydrogen) atoms. The molecule has 0 aromatic carbocycles. The molecular weight excluding hydrogens is 895 g/mol. The van der Waals surface area contributed by atoms with E-state index in [1.165, 1.54) is 57.8 Å². The van der Waals surface area contributed by atoms with Gasteiger partial charge in [-0.3, -0.25) is 9.59 Å². The van der Waals surface area contributed by atoms with Gasteiger partial charge in [0.1, 0.15) is 24.4 Å². The van der Waals surface area contributed by atoms with Crippen molar-refractivity contribution in [3.05, 3.63) is 85.1 Å². The molecule has 0 saturated carbocycles. The van der Waals surface area contributed by atoms with E-state index in [4.69, 9.17) is 14.2 Å². The first-order chi connectivity index (χ1) is 34.7. The molecule has 1 rings (SSSR count). The van der Waals surface area contributed by atoms with Crippen molar-refractivity contribution >= 4 is 11.9 Å². The summed E-state index contributed by atoms with van der Waals surface area (Å²) in [7, 11) is 0. The summed E-state index contributed by atoms with van der Waals surface area (Å²) in [6.45, 7) is 5.58. The number of amides is 1. The number of nitrogens with one attached hydrogen (secondary N) is 1. The highest BCUT2D eigenvalue weighted by Crippen LogP contribution is 2.26. The van der Waals surface area contributed by atoms with Gasteiger partial charge in [0.2, 0.25) is 5.91 Å². The molecule has 408 valence electrons. The molecule has 6 N–H and O–H groups in total. The molecule has 0 aromatic heterocycles. The topological polar surface area (TPSA) is 175 Å². The summed E-state index contributed by atoms with van der Waals surface area (Å²) in [6, 6.07) is -1.03. The molecule has 1 aliphatic rings. The van der Waals surface area contributed by atoms with E-state index in [1.54, 1.807) is 6.08 Å². The molecular formula is C60H103NO10. The fourth-order valence-electron chi connectivity index (χ4n) is 8.24. The van der Waals surface area contributed by atoms with Crippen molar-refractivity contribution in [2.24, 2.45) is 0 Å². The molecule has 1 aliphatic heterocycles. The first-order valence-corrected chi connectivity index (χ1v) is 28.4. The maximum atomic E-state index is 13.3. The van der Waals surface area contributed by atoms with E-state index >= 15 is 0 Å². The van der Waals surface area contributed by atoms with Crippen LogP contribution in [-0.2, 0) is 23.8 Å². The Labute approximate surface area is 432 Å². The number of unbranched alkanes of at least 4 members (excludes halogenated alkanes) is 20. The van der Waals surface area contributed by atoms with Crippen molar-refractivity contribution in [1.29, 1.82) is 0 Å². The van der Waals surface area contributed by atoms with Gasteiger partial charge < -0.3 is 45.1 Å². The third-order valence-corrected chi connectivity index (χ3v) is 12.8. The highest BCUT2D eigenvalue weighted by Gasteiger charge is 2.47. The van der Waals surface area contributed by atoms with E-state index < -0.39 is 67.4 Å². The lowest BCUT2D eigenvalue weighted by atomic mass is 9.99. The first kappa shape index (κ1) is 65.9. The molecule has 11 heteroatoms. The number of carbonyl (C=O) groups is 2. The lowest BCUT2D eigenvalue weighted by Crippen LogP contribution is -2.61. The number of ether oxygens (including phenoxy) is 3. The van der Waals surface area contributed by atoms with Gasteiger partial charge in [0.05, 0.1) is 25.4 Å². The summed E-state index contributed by atoms with van der Waals surface area (Å²) in [5.74, 6) is -1.23. The van der Waals surface area contributed by atoms with Gasteiger partial charge in [-0.2, -0.15) is 0 Å². The Morgan fingerprint density at radius 3 is 1.58 bits per heavy atom. The number of rotatable bonds is 46. The van der Waals surface area contributed by atoms with Crippen molar-refractivity contribution < 1.29 is 49.3 Å². The lowest BCUT2D eigenvalue weighted by Gasteiger charge is -2.41. The minimum Gasteiger partial charge on any atom is -0.454 e. The number of allylic oxidation sites excluding steroid dienone is 13. The molecule has 8 atom stereocenters. The van der Waals surface area contributed by atoms with Crippen molar-refractivity contribution in [2.45, 2.75) is 269 Å². The van der Waals surface area contributed by atoms with Crippen LogP contribution in [0.15, 0.2) is 85.1 Å². The standard InChI is InChI=1S/C60H103NO10/c1-4-7-10-13-16-19-22-23-24-25-26-27-28-29-30-31-33-36-39-42-45-48-55(65)71-58-57(67)56(66)54(49-62)70-60(58)69-50-51(52(63)46-43-40-37-35-32-20-17-14-11-8-5-2)61-59(68)53(64)47-44-41-38-34-21-18-15-12-9-6-3/h7,10,15-16,18-19,23-24,26-27,29-30,43,46,51-54,56-58,60,62-64,66-67H,4-6,8-9,11-14,17,20-22,25,28,31-42,44-45,47-50H2,1-3H3,(H,61,68)/b10-7-,18-15-,19-16-,24-23-,27-26-,30-29-,46-43+. The van der Waals surface area contributed by atoms with E-state index in [0.29, 0.717) is 12.8 Å². The second-order valence-electron chi connectivity index (χ2n) is 19.3. The molecule has 0 aromatic rings. The number of hydrogen-bond donors (Lipinski definition) is 6. The van der Waals surface area contributed by atoms with Crippen LogP contribution < -0.4 is 5.32 Å². The quantitative estimate of drug-likeness (QED) is 0.0196. The maximum Gasteiger partial charge on any atom is 0.306 e. The smallest absolute Gasteiger partial charge is 0.306 e. The van der Waals surface area contributed by atoms with Crippen LogP contribution in [0.5, 0.6) is 0 Å². The van der Waals surface area contributed by atoms with Crippen LogP contribution in [0.2, 0.25) is 0 Å². The fraction of sp³-hybridized carbons (Fsp3) is 0.733. The van der Waals surface area contributed by atoms with Gasteiger partial charge in [0.25, 0.3) is 0 Å². The summed E-state index contributed by atoms with van der Waals surface area (Å²) in [5, 5.41) is 56.7. The largest absolute Gasteiger partial charge is 0.454 e. The average molecular weight is 998 g/mol. The summed E-state index contributed by atoms with van der Waals surface area (Å²) in [4.78, 5) is 26.4. The third-order valence-electron chi connectivity index (χ3n) is 12.8. The van der Waals surface area contributed by atoms with Gasteiger partial charge in [0.15, 0.2) is 12.4 Å². The van der Waals surface area contributed by atoms with E-state index in [0.717, 1.165) is 116 Å². The maximum absolute atomic E-state index is 13.3. The zero-order valence-electron chi connectivity index (χ0n) is 44.8. The molecule has 1 fully saturated rings. The summed E-state index contributed by atoms with van der Waals surface area (Å²) in [6.07, 6.45) is 50.6. The monoisotopic (exact) mass is 998 g/mol. The van der Waals surface area contributed by atoms with Crippen LogP contribution in [-0.4, -0.2) is 99.6 Å². The molecule has 8 unspecified atom stereocenters. The molecule has 1 amide bonds. The van der Waals surface area contributed by atoms with Gasteiger partial charge in [-0.05, 0) is 89.9 Å². The molecule has 0 radical (unpaired) electrons. The third kappa shape index (κ3) is 36.4. The zero-order chi connectivity index (χ0) is 51.8. The molecule has 0 aliphatic carbocycles. The Morgan fingerprint density at radius 2 is 1.03 bits per heavy atom. The van der Waals surface area contributed by atoms with Gasteiger partial charge in [-0.25, -0.2) is 0 Å². The van der Waals surface area contributed by atoms with E-state index in [-0.39, 0.29) is 19.4 Å². The fourth-order valence-corrected chi connectivity index (χ4v) is 8.24. The summed E-state index contributed by atoms with van der Waals surface area (Å²) in [5.41, 5.74) is 0. The predicted octanol–water partition coefficient (Wildman–Crippen LogP) is 12.6.